The maximum atomic E-state index is 11.2. The number of rotatable bonds is 1. The first kappa shape index (κ1) is 11.4. The van der Waals surface area contributed by atoms with Crippen LogP contribution in [0.4, 0.5) is 35.1 Å². The fraction of sp³-hybridized carbons (Fsp3) is 0.750. The standard InChI is InChI=1S/C4HF8/c5-2(6)1(3(7,8)9)4(10,11)12/h1H. The van der Waals surface area contributed by atoms with Crippen molar-refractivity contribution in [3.63, 3.8) is 0 Å². The maximum Gasteiger partial charge on any atom is 0.406 e. The molecule has 1 radical (unpaired) electrons. The molecule has 0 unspecified atom stereocenters. The molecule has 0 aliphatic carbocycles. The van der Waals surface area contributed by atoms with E-state index in [1.54, 1.807) is 0 Å². The summed E-state index contributed by atoms with van der Waals surface area (Å²) in [4.78, 5) is 0. The number of hydrogen-bond donors (Lipinski definition) is 0. The summed E-state index contributed by atoms with van der Waals surface area (Å²) >= 11 is 0. The van der Waals surface area contributed by atoms with Gasteiger partial charge in [-0.25, -0.2) is 0 Å². The van der Waals surface area contributed by atoms with Crippen LogP contribution in [0.3, 0.4) is 0 Å². The molecule has 0 aromatic rings. The second-order valence-corrected chi connectivity index (χ2v) is 1.81. The van der Waals surface area contributed by atoms with Gasteiger partial charge < -0.3 is 0 Å². The molecule has 0 amide bonds. The molecule has 8 heteroatoms. The monoisotopic (exact) mass is 201 g/mol. The fourth-order valence-electron chi connectivity index (χ4n) is 0.433. The number of hydrogen-bond acceptors (Lipinski definition) is 0. The summed E-state index contributed by atoms with van der Waals surface area (Å²) in [5, 5.41) is 0. The first-order chi connectivity index (χ1) is 5.07. The highest BCUT2D eigenvalue weighted by Gasteiger charge is 2.62. The van der Waals surface area contributed by atoms with Crippen molar-refractivity contribution in [2.45, 2.75) is 12.4 Å². The molecule has 0 aromatic carbocycles. The summed E-state index contributed by atoms with van der Waals surface area (Å²) in [6.07, 6.45) is -15.7. The van der Waals surface area contributed by atoms with Crippen LogP contribution in [-0.2, 0) is 0 Å². The normalized spacial score (nSPS) is 14.5. The molecular formula is C4HF8. The van der Waals surface area contributed by atoms with Gasteiger partial charge in [-0.1, -0.05) is 0 Å². The molecule has 0 fully saturated rings. The molecule has 0 rings (SSSR count). The van der Waals surface area contributed by atoms with Gasteiger partial charge in [0.1, 0.15) is 0 Å². The molecule has 12 heavy (non-hydrogen) atoms. The summed E-state index contributed by atoms with van der Waals surface area (Å²) in [7, 11) is 0. The van der Waals surface area contributed by atoms with Crippen molar-refractivity contribution >= 4 is 0 Å². The van der Waals surface area contributed by atoms with Crippen molar-refractivity contribution in [3.8, 4) is 0 Å². The fourth-order valence-corrected chi connectivity index (χ4v) is 0.433. The zero-order valence-electron chi connectivity index (χ0n) is 5.10. The molecule has 0 saturated heterocycles. The van der Waals surface area contributed by atoms with E-state index in [1.165, 1.54) is 0 Å². The van der Waals surface area contributed by atoms with Crippen molar-refractivity contribution in [1.82, 2.24) is 0 Å². The van der Waals surface area contributed by atoms with E-state index in [4.69, 9.17) is 0 Å². The average Bonchev–Trinajstić information content (AvgIpc) is 1.49. The van der Waals surface area contributed by atoms with Crippen molar-refractivity contribution in [3.05, 3.63) is 6.43 Å². The van der Waals surface area contributed by atoms with Crippen LogP contribution in [0.25, 0.3) is 0 Å². The van der Waals surface area contributed by atoms with E-state index in [0.717, 1.165) is 0 Å². The molecule has 0 spiro atoms. The molecule has 0 N–H and O–H groups in total. The van der Waals surface area contributed by atoms with Gasteiger partial charge >= 0.3 is 18.8 Å². The van der Waals surface area contributed by atoms with Crippen molar-refractivity contribution < 1.29 is 35.1 Å². The van der Waals surface area contributed by atoms with Gasteiger partial charge in [0, 0.05) is 0 Å². The van der Waals surface area contributed by atoms with Gasteiger partial charge in [-0.2, -0.15) is 35.1 Å². The van der Waals surface area contributed by atoms with E-state index in [1.807, 2.05) is 0 Å². The first-order valence-corrected chi connectivity index (χ1v) is 2.38. The van der Waals surface area contributed by atoms with Crippen molar-refractivity contribution in [1.29, 1.82) is 0 Å². The third-order valence-electron chi connectivity index (χ3n) is 0.873. The number of alkyl halides is 6. The van der Waals surface area contributed by atoms with Crippen molar-refractivity contribution in [2.75, 3.05) is 0 Å². The van der Waals surface area contributed by atoms with E-state index in [-0.39, 0.29) is 0 Å². The third-order valence-corrected chi connectivity index (χ3v) is 0.873. The molecule has 0 heterocycles. The lowest BCUT2D eigenvalue weighted by atomic mass is 10.1. The van der Waals surface area contributed by atoms with E-state index in [2.05, 4.69) is 0 Å². The van der Waals surface area contributed by atoms with Gasteiger partial charge in [0.2, 0.25) is 5.92 Å². The minimum atomic E-state index is -5.99. The van der Waals surface area contributed by atoms with Crippen molar-refractivity contribution in [2.24, 2.45) is 5.92 Å². The second kappa shape index (κ2) is 3.06. The Balaban J connectivity index is 4.70. The van der Waals surface area contributed by atoms with Gasteiger partial charge in [-0.15, -0.1) is 0 Å². The predicted molar refractivity (Wildman–Crippen MR) is 21.1 cm³/mol. The molecular weight excluding hydrogens is 200 g/mol. The third kappa shape index (κ3) is 2.82. The lowest BCUT2D eigenvalue weighted by molar-refractivity contribution is -0.292. The SMILES string of the molecule is F[C](F)C(C(F)(F)F)C(F)(F)F. The molecule has 0 nitrogen and oxygen atoms in total. The van der Waals surface area contributed by atoms with Gasteiger partial charge in [0.05, 0.1) is 0 Å². The lowest BCUT2D eigenvalue weighted by Crippen LogP contribution is -2.38. The zero-order chi connectivity index (χ0) is 10.2. The van der Waals surface area contributed by atoms with Crippen LogP contribution in [0.5, 0.6) is 0 Å². The van der Waals surface area contributed by atoms with E-state index in [0.29, 0.717) is 0 Å². The van der Waals surface area contributed by atoms with E-state index < -0.39 is 24.7 Å². The largest absolute Gasteiger partial charge is 0.406 e. The Morgan fingerprint density at radius 2 is 1.00 bits per heavy atom. The van der Waals surface area contributed by atoms with Crippen LogP contribution in [-0.4, -0.2) is 12.4 Å². The summed E-state index contributed by atoms with van der Waals surface area (Å²) in [6.45, 7) is 0. The average molecular weight is 201 g/mol. The highest BCUT2D eigenvalue weighted by molar-refractivity contribution is 4.86. The van der Waals surface area contributed by atoms with Crippen LogP contribution >= 0.6 is 0 Å². The number of halogens is 8. The van der Waals surface area contributed by atoms with Gasteiger partial charge in [-0.3, -0.25) is 0 Å². The molecule has 0 aliphatic heterocycles. The van der Waals surface area contributed by atoms with Gasteiger partial charge in [0.15, 0.2) is 0 Å². The van der Waals surface area contributed by atoms with Crippen LogP contribution in [0.1, 0.15) is 0 Å². The Bertz CT molecular complexity index is 126. The maximum absolute atomic E-state index is 11.2. The summed E-state index contributed by atoms with van der Waals surface area (Å²) in [6, 6.07) is 0. The second-order valence-electron chi connectivity index (χ2n) is 1.81. The predicted octanol–water partition coefficient (Wildman–Crippen LogP) is 3.16. The Kier molecular flexibility index (Phi) is 2.92. The molecule has 0 aromatic heterocycles. The van der Waals surface area contributed by atoms with Crippen LogP contribution in [0.15, 0.2) is 0 Å². The minimum absolute atomic E-state index is 3.70. The van der Waals surface area contributed by atoms with Crippen LogP contribution in [0, 0.1) is 12.3 Å². The lowest BCUT2D eigenvalue weighted by Gasteiger charge is -2.20. The van der Waals surface area contributed by atoms with Gasteiger partial charge in [-0.05, 0) is 0 Å². The first-order valence-electron chi connectivity index (χ1n) is 2.38. The Morgan fingerprint density at radius 3 is 1.00 bits per heavy atom. The molecule has 0 aliphatic rings. The quantitative estimate of drug-likeness (QED) is 0.571. The van der Waals surface area contributed by atoms with E-state index in [9.17, 15) is 35.1 Å². The molecule has 0 bridgehead atoms. The summed E-state index contributed by atoms with van der Waals surface area (Å²) in [5.74, 6) is -4.63. The minimum Gasteiger partial charge on any atom is -0.199 e. The Hall–Kier alpha value is -0.560. The summed E-state index contributed by atoms with van der Waals surface area (Å²) in [5.41, 5.74) is 0. The van der Waals surface area contributed by atoms with Crippen LogP contribution < -0.4 is 0 Å². The van der Waals surface area contributed by atoms with E-state index >= 15 is 0 Å². The smallest absolute Gasteiger partial charge is 0.199 e. The highest BCUT2D eigenvalue weighted by Crippen LogP contribution is 2.45. The topological polar surface area (TPSA) is 0 Å². The Morgan fingerprint density at radius 1 is 0.750 bits per heavy atom. The Labute approximate surface area is 61.2 Å². The molecule has 0 saturated carbocycles. The zero-order valence-corrected chi connectivity index (χ0v) is 5.10. The highest BCUT2D eigenvalue weighted by atomic mass is 19.4. The van der Waals surface area contributed by atoms with Crippen LogP contribution in [0.2, 0.25) is 0 Å². The molecule has 0 atom stereocenters. The summed E-state index contributed by atoms with van der Waals surface area (Å²) < 4.78 is 89.8. The molecule has 73 valence electrons. The van der Waals surface area contributed by atoms with Gasteiger partial charge in [0.25, 0.3) is 0 Å².